The Bertz CT molecular complexity index is 893. The number of aromatic nitrogens is 2. The monoisotopic (exact) mass is 371 g/mol. The number of nitrogens with zero attached hydrogens (tertiary/aromatic N) is 3. The summed E-state index contributed by atoms with van der Waals surface area (Å²) < 4.78 is 15.0. The predicted molar refractivity (Wildman–Crippen MR) is 103 cm³/mol. The van der Waals surface area contributed by atoms with E-state index in [-0.39, 0.29) is 11.2 Å². The minimum absolute atomic E-state index is 0.282. The van der Waals surface area contributed by atoms with E-state index in [4.69, 9.17) is 0 Å². The van der Waals surface area contributed by atoms with Gasteiger partial charge in [0, 0.05) is 17.5 Å². The molecule has 0 spiro atoms. The summed E-state index contributed by atoms with van der Waals surface area (Å²) >= 11 is 0. The molecule has 1 aromatic carbocycles. The number of halogens is 1. The Morgan fingerprint density at radius 1 is 1.33 bits per heavy atom. The minimum atomic E-state index is -0.913. The Balaban J connectivity index is 1.95. The molecule has 1 aromatic heterocycles. The van der Waals surface area contributed by atoms with Crippen molar-refractivity contribution in [3.8, 4) is 5.69 Å². The zero-order valence-electron chi connectivity index (χ0n) is 16.5. The van der Waals surface area contributed by atoms with Crippen LogP contribution in [0.3, 0.4) is 0 Å². The number of carboxylic acid groups (broad SMARTS) is 1. The first kappa shape index (κ1) is 19.1. The van der Waals surface area contributed by atoms with Crippen molar-refractivity contribution in [3.63, 3.8) is 0 Å². The molecule has 0 bridgehead atoms. The average molecular weight is 371 g/mol. The van der Waals surface area contributed by atoms with Gasteiger partial charge in [-0.25, -0.2) is 13.9 Å². The second-order valence-corrected chi connectivity index (χ2v) is 8.55. The number of carbonyl (C=O) groups is 1. The van der Waals surface area contributed by atoms with E-state index in [1.807, 2.05) is 33.9 Å². The molecule has 1 N–H and O–H groups in total. The van der Waals surface area contributed by atoms with Crippen LogP contribution in [0.5, 0.6) is 0 Å². The zero-order chi connectivity index (χ0) is 20.0. The van der Waals surface area contributed by atoms with Crippen LogP contribution in [-0.4, -0.2) is 38.0 Å². The molecule has 27 heavy (non-hydrogen) atoms. The molecule has 6 heteroatoms. The molecule has 0 unspecified atom stereocenters. The lowest BCUT2D eigenvalue weighted by Crippen LogP contribution is -2.51. The summed E-state index contributed by atoms with van der Waals surface area (Å²) in [7, 11) is 0. The number of hydrogen-bond acceptors (Lipinski definition) is 2. The van der Waals surface area contributed by atoms with E-state index in [1.165, 1.54) is 17.0 Å². The van der Waals surface area contributed by atoms with E-state index in [1.54, 1.807) is 16.8 Å². The molecular formula is C21H26FN3O2. The molecule has 0 aliphatic heterocycles. The molecule has 3 rings (SSSR count). The summed E-state index contributed by atoms with van der Waals surface area (Å²) in [6.45, 7) is 10.3. The second kappa shape index (κ2) is 6.51. The highest BCUT2D eigenvalue weighted by molar-refractivity contribution is 5.67. The fourth-order valence-electron chi connectivity index (χ4n) is 3.53. The van der Waals surface area contributed by atoms with Crippen LogP contribution in [0.2, 0.25) is 0 Å². The number of fused-ring (bicyclic) bond motifs is 1. The first-order valence-corrected chi connectivity index (χ1v) is 9.03. The SMILES string of the molecule is CC1=Cc2c(cnn2-c2ccc(F)cc2)C[C@]1(C)CN(C(=O)O)C(C)(C)C. The molecule has 1 aliphatic carbocycles. The molecule has 144 valence electrons. The molecule has 0 saturated carbocycles. The third-order valence-electron chi connectivity index (χ3n) is 5.39. The first-order chi connectivity index (χ1) is 12.5. The topological polar surface area (TPSA) is 58.4 Å². The van der Waals surface area contributed by atoms with Crippen molar-refractivity contribution in [1.29, 1.82) is 0 Å². The van der Waals surface area contributed by atoms with Gasteiger partial charge in [0.25, 0.3) is 0 Å². The number of hydrogen-bond donors (Lipinski definition) is 1. The van der Waals surface area contributed by atoms with E-state index in [0.717, 1.165) is 22.5 Å². The van der Waals surface area contributed by atoms with Crippen molar-refractivity contribution in [2.24, 2.45) is 5.41 Å². The highest BCUT2D eigenvalue weighted by atomic mass is 19.1. The van der Waals surface area contributed by atoms with Crippen molar-refractivity contribution >= 4 is 12.2 Å². The molecular weight excluding hydrogens is 345 g/mol. The maximum absolute atomic E-state index is 13.2. The van der Waals surface area contributed by atoms with E-state index in [0.29, 0.717) is 13.0 Å². The molecule has 2 aromatic rings. The molecule has 1 amide bonds. The quantitative estimate of drug-likeness (QED) is 0.847. The van der Waals surface area contributed by atoms with Gasteiger partial charge in [0.1, 0.15) is 5.82 Å². The van der Waals surface area contributed by atoms with Gasteiger partial charge in [-0.2, -0.15) is 5.10 Å². The van der Waals surface area contributed by atoms with Crippen LogP contribution >= 0.6 is 0 Å². The van der Waals surface area contributed by atoms with Gasteiger partial charge in [0.05, 0.1) is 17.6 Å². The van der Waals surface area contributed by atoms with Gasteiger partial charge in [-0.15, -0.1) is 0 Å². The van der Waals surface area contributed by atoms with Crippen LogP contribution in [0.15, 0.2) is 36.0 Å². The Kier molecular flexibility index (Phi) is 4.62. The smallest absolute Gasteiger partial charge is 0.407 e. The highest BCUT2D eigenvalue weighted by Crippen LogP contribution is 2.40. The van der Waals surface area contributed by atoms with Gasteiger partial charge in [-0.05, 0) is 70.0 Å². The lowest BCUT2D eigenvalue weighted by molar-refractivity contribution is 0.0765. The Labute approximate surface area is 159 Å². The first-order valence-electron chi connectivity index (χ1n) is 9.03. The van der Waals surface area contributed by atoms with E-state index >= 15 is 0 Å². The van der Waals surface area contributed by atoms with Gasteiger partial charge < -0.3 is 10.0 Å². The Morgan fingerprint density at radius 3 is 2.52 bits per heavy atom. The third-order valence-corrected chi connectivity index (χ3v) is 5.39. The summed E-state index contributed by atoms with van der Waals surface area (Å²) in [6, 6.07) is 6.23. The maximum Gasteiger partial charge on any atom is 0.407 e. The summed E-state index contributed by atoms with van der Waals surface area (Å²) in [5.41, 5.74) is 3.14. The number of benzene rings is 1. The van der Waals surface area contributed by atoms with E-state index in [2.05, 4.69) is 18.1 Å². The minimum Gasteiger partial charge on any atom is -0.465 e. The zero-order valence-corrected chi connectivity index (χ0v) is 16.5. The molecule has 0 saturated heterocycles. The summed E-state index contributed by atoms with van der Waals surface area (Å²) in [5, 5.41) is 14.2. The van der Waals surface area contributed by atoms with Gasteiger partial charge in [-0.1, -0.05) is 12.5 Å². The Morgan fingerprint density at radius 2 is 1.96 bits per heavy atom. The van der Waals surface area contributed by atoms with Crippen LogP contribution < -0.4 is 0 Å². The normalized spacial score (nSPS) is 19.4. The summed E-state index contributed by atoms with van der Waals surface area (Å²) in [6.07, 6.45) is 3.68. The van der Waals surface area contributed by atoms with Gasteiger partial charge in [-0.3, -0.25) is 0 Å². The van der Waals surface area contributed by atoms with Gasteiger partial charge in [0.2, 0.25) is 0 Å². The third kappa shape index (κ3) is 3.61. The van der Waals surface area contributed by atoms with Crippen molar-refractivity contribution in [2.75, 3.05) is 6.54 Å². The average Bonchev–Trinajstić information content (AvgIpc) is 2.95. The van der Waals surface area contributed by atoms with Gasteiger partial charge in [0.15, 0.2) is 0 Å². The molecule has 1 heterocycles. The van der Waals surface area contributed by atoms with E-state index < -0.39 is 11.6 Å². The largest absolute Gasteiger partial charge is 0.465 e. The predicted octanol–water partition coefficient (Wildman–Crippen LogP) is 4.76. The van der Waals surface area contributed by atoms with Crippen molar-refractivity contribution in [2.45, 2.75) is 46.6 Å². The molecule has 5 nitrogen and oxygen atoms in total. The summed E-state index contributed by atoms with van der Waals surface area (Å²) in [4.78, 5) is 13.3. The van der Waals surface area contributed by atoms with Crippen LogP contribution in [0.1, 0.15) is 45.9 Å². The summed E-state index contributed by atoms with van der Waals surface area (Å²) in [5.74, 6) is -0.282. The van der Waals surface area contributed by atoms with Crippen LogP contribution in [0.4, 0.5) is 9.18 Å². The lowest BCUT2D eigenvalue weighted by atomic mass is 9.73. The highest BCUT2D eigenvalue weighted by Gasteiger charge is 2.39. The number of amides is 1. The molecule has 0 radical (unpaired) electrons. The van der Waals surface area contributed by atoms with Crippen LogP contribution in [0, 0.1) is 11.2 Å². The van der Waals surface area contributed by atoms with E-state index in [9.17, 15) is 14.3 Å². The van der Waals surface area contributed by atoms with Crippen molar-refractivity contribution < 1.29 is 14.3 Å². The lowest BCUT2D eigenvalue weighted by Gasteiger charge is -2.42. The molecule has 0 fully saturated rings. The van der Waals surface area contributed by atoms with Crippen molar-refractivity contribution in [3.05, 3.63) is 53.1 Å². The molecule has 1 aliphatic rings. The second-order valence-electron chi connectivity index (χ2n) is 8.55. The van der Waals surface area contributed by atoms with Crippen molar-refractivity contribution in [1.82, 2.24) is 14.7 Å². The maximum atomic E-state index is 13.2. The fraction of sp³-hybridized carbons (Fsp3) is 0.429. The number of rotatable bonds is 3. The standard InChI is InChI=1S/C21H26FN3O2/c1-14-10-18-15(12-23-25(18)17-8-6-16(22)7-9-17)11-21(14,5)13-24(19(26)27)20(2,3)4/h6-10,12H,11,13H2,1-5H3,(H,26,27)/t21-/m1/s1. The Hall–Kier alpha value is -2.63. The van der Waals surface area contributed by atoms with Crippen LogP contribution in [0.25, 0.3) is 11.8 Å². The fourth-order valence-corrected chi connectivity index (χ4v) is 3.53. The van der Waals surface area contributed by atoms with Gasteiger partial charge >= 0.3 is 6.09 Å². The molecule has 1 atom stereocenters. The van der Waals surface area contributed by atoms with Crippen LogP contribution in [-0.2, 0) is 6.42 Å².